The normalized spacial score (nSPS) is 28.3. The Hall–Kier alpha value is -1.67. The molecule has 1 aliphatic rings. The SMILES string of the molecule is CCCC(=O)OC1C(C)OC(O)C(OC(=O)CCC)C1OC(=O)CCC. The van der Waals surface area contributed by atoms with Crippen LogP contribution in [0, 0.1) is 0 Å². The second-order valence-electron chi connectivity index (χ2n) is 6.35. The van der Waals surface area contributed by atoms with Crippen LogP contribution in [0.2, 0.25) is 0 Å². The third-order valence-corrected chi connectivity index (χ3v) is 3.91. The van der Waals surface area contributed by atoms with E-state index in [4.69, 9.17) is 18.9 Å². The molecule has 1 heterocycles. The van der Waals surface area contributed by atoms with Gasteiger partial charge in [0.05, 0.1) is 6.10 Å². The van der Waals surface area contributed by atoms with Gasteiger partial charge in [-0.1, -0.05) is 20.8 Å². The van der Waals surface area contributed by atoms with Crippen LogP contribution in [0.25, 0.3) is 0 Å². The summed E-state index contributed by atoms with van der Waals surface area (Å²) in [6.45, 7) is 7.06. The van der Waals surface area contributed by atoms with Gasteiger partial charge in [0, 0.05) is 19.3 Å². The number of carbonyl (C=O) groups excluding carboxylic acids is 3. The van der Waals surface area contributed by atoms with E-state index in [2.05, 4.69) is 0 Å². The van der Waals surface area contributed by atoms with Crippen molar-refractivity contribution in [1.82, 2.24) is 0 Å². The van der Waals surface area contributed by atoms with Gasteiger partial charge in [-0.15, -0.1) is 0 Å². The molecule has 0 amide bonds. The van der Waals surface area contributed by atoms with Gasteiger partial charge in [0.2, 0.25) is 0 Å². The molecule has 1 fully saturated rings. The highest BCUT2D eigenvalue weighted by atomic mass is 16.7. The smallest absolute Gasteiger partial charge is 0.306 e. The molecule has 0 aromatic carbocycles. The van der Waals surface area contributed by atoms with Crippen molar-refractivity contribution in [3.8, 4) is 0 Å². The first-order chi connectivity index (χ1) is 12.3. The lowest BCUT2D eigenvalue weighted by atomic mass is 9.98. The third-order valence-electron chi connectivity index (χ3n) is 3.91. The summed E-state index contributed by atoms with van der Waals surface area (Å²) in [5.74, 6) is -1.55. The summed E-state index contributed by atoms with van der Waals surface area (Å²) in [5, 5.41) is 10.2. The van der Waals surface area contributed by atoms with Crippen molar-refractivity contribution in [3.05, 3.63) is 0 Å². The van der Waals surface area contributed by atoms with E-state index in [1.807, 2.05) is 20.8 Å². The lowest BCUT2D eigenvalue weighted by Crippen LogP contribution is -2.60. The Morgan fingerprint density at radius 3 is 1.58 bits per heavy atom. The maximum absolute atomic E-state index is 12.0. The van der Waals surface area contributed by atoms with E-state index in [9.17, 15) is 19.5 Å². The Balaban J connectivity index is 3.03. The molecule has 0 aliphatic carbocycles. The monoisotopic (exact) mass is 374 g/mol. The van der Waals surface area contributed by atoms with E-state index in [0.29, 0.717) is 19.3 Å². The average Bonchev–Trinajstić information content (AvgIpc) is 2.55. The maximum atomic E-state index is 12.0. The molecule has 0 spiro atoms. The van der Waals surface area contributed by atoms with Crippen LogP contribution in [0.4, 0.5) is 0 Å². The molecule has 26 heavy (non-hydrogen) atoms. The Labute approximate surface area is 154 Å². The van der Waals surface area contributed by atoms with Crippen LogP contribution >= 0.6 is 0 Å². The van der Waals surface area contributed by atoms with E-state index >= 15 is 0 Å². The molecule has 5 atom stereocenters. The molecule has 0 aromatic heterocycles. The van der Waals surface area contributed by atoms with Crippen LogP contribution < -0.4 is 0 Å². The van der Waals surface area contributed by atoms with E-state index in [1.165, 1.54) is 0 Å². The highest BCUT2D eigenvalue weighted by Gasteiger charge is 2.50. The van der Waals surface area contributed by atoms with Crippen molar-refractivity contribution in [2.45, 2.75) is 96.9 Å². The fourth-order valence-corrected chi connectivity index (χ4v) is 2.66. The van der Waals surface area contributed by atoms with Crippen LogP contribution in [-0.4, -0.2) is 53.7 Å². The van der Waals surface area contributed by atoms with Gasteiger partial charge in [0.1, 0.15) is 0 Å². The van der Waals surface area contributed by atoms with E-state index in [-0.39, 0.29) is 19.3 Å². The standard InChI is InChI=1S/C18H30O8/c1-5-8-12(19)24-15-11(4)23-18(22)17(26-14(21)10-7-3)16(15)25-13(20)9-6-2/h11,15-18,22H,5-10H2,1-4H3. The zero-order valence-electron chi connectivity index (χ0n) is 15.9. The van der Waals surface area contributed by atoms with Crippen molar-refractivity contribution in [1.29, 1.82) is 0 Å². The molecule has 0 aromatic rings. The van der Waals surface area contributed by atoms with Crippen LogP contribution in [0.5, 0.6) is 0 Å². The van der Waals surface area contributed by atoms with Gasteiger partial charge >= 0.3 is 17.9 Å². The number of hydrogen-bond donors (Lipinski definition) is 1. The predicted octanol–water partition coefficient (Wildman–Crippen LogP) is 1.86. The molecule has 8 nitrogen and oxygen atoms in total. The number of ether oxygens (including phenoxy) is 4. The van der Waals surface area contributed by atoms with Crippen LogP contribution in [0.3, 0.4) is 0 Å². The number of rotatable bonds is 9. The first kappa shape index (κ1) is 22.4. The first-order valence-electron chi connectivity index (χ1n) is 9.25. The molecule has 1 saturated heterocycles. The molecule has 0 bridgehead atoms. The van der Waals surface area contributed by atoms with Crippen LogP contribution in [0.15, 0.2) is 0 Å². The zero-order valence-corrected chi connectivity index (χ0v) is 15.9. The third kappa shape index (κ3) is 6.57. The molecule has 8 heteroatoms. The fourth-order valence-electron chi connectivity index (χ4n) is 2.66. The van der Waals surface area contributed by atoms with Crippen molar-refractivity contribution in [3.63, 3.8) is 0 Å². The van der Waals surface area contributed by atoms with Crippen LogP contribution in [0.1, 0.15) is 66.2 Å². The van der Waals surface area contributed by atoms with E-state index in [1.54, 1.807) is 6.92 Å². The van der Waals surface area contributed by atoms with Gasteiger partial charge < -0.3 is 24.1 Å². The number of esters is 3. The van der Waals surface area contributed by atoms with Crippen molar-refractivity contribution in [2.24, 2.45) is 0 Å². The summed E-state index contributed by atoms with van der Waals surface area (Å²) >= 11 is 0. The number of aliphatic hydroxyl groups excluding tert-OH is 1. The van der Waals surface area contributed by atoms with Gasteiger partial charge in [0.15, 0.2) is 24.6 Å². The molecule has 150 valence electrons. The topological polar surface area (TPSA) is 108 Å². The summed E-state index contributed by atoms with van der Waals surface area (Å²) in [6.07, 6.45) is -3.34. The molecule has 0 radical (unpaired) electrons. The van der Waals surface area contributed by atoms with Gasteiger partial charge in [0.25, 0.3) is 0 Å². The highest BCUT2D eigenvalue weighted by Crippen LogP contribution is 2.28. The second-order valence-corrected chi connectivity index (χ2v) is 6.35. The quantitative estimate of drug-likeness (QED) is 0.481. The van der Waals surface area contributed by atoms with Gasteiger partial charge in [-0.3, -0.25) is 14.4 Å². The van der Waals surface area contributed by atoms with E-state index in [0.717, 1.165) is 0 Å². The van der Waals surface area contributed by atoms with E-state index < -0.39 is 48.6 Å². The molecular weight excluding hydrogens is 344 g/mol. The van der Waals surface area contributed by atoms with Crippen molar-refractivity contribution in [2.75, 3.05) is 0 Å². The van der Waals surface area contributed by atoms with Crippen molar-refractivity contribution >= 4 is 17.9 Å². The number of hydrogen-bond acceptors (Lipinski definition) is 8. The Bertz CT molecular complexity index is 446. The van der Waals surface area contributed by atoms with Gasteiger partial charge in [-0.05, 0) is 26.2 Å². The molecule has 1 rings (SSSR count). The highest BCUT2D eigenvalue weighted by molar-refractivity contribution is 5.71. The molecule has 5 unspecified atom stereocenters. The lowest BCUT2D eigenvalue weighted by Gasteiger charge is -2.42. The second kappa shape index (κ2) is 11.1. The minimum atomic E-state index is -1.48. The van der Waals surface area contributed by atoms with Gasteiger partial charge in [-0.2, -0.15) is 0 Å². The Morgan fingerprint density at radius 2 is 1.15 bits per heavy atom. The van der Waals surface area contributed by atoms with Gasteiger partial charge in [-0.25, -0.2) is 0 Å². The minimum absolute atomic E-state index is 0.148. The largest absolute Gasteiger partial charge is 0.455 e. The van der Waals surface area contributed by atoms with Crippen LogP contribution in [-0.2, 0) is 33.3 Å². The Kier molecular flexibility index (Phi) is 9.58. The molecular formula is C18H30O8. The van der Waals surface area contributed by atoms with Crippen molar-refractivity contribution < 1.29 is 38.4 Å². The summed E-state index contributed by atoms with van der Waals surface area (Å²) in [5.41, 5.74) is 0. The zero-order chi connectivity index (χ0) is 19.7. The Morgan fingerprint density at radius 1 is 0.769 bits per heavy atom. The number of aliphatic hydroxyl groups is 1. The molecule has 1 N–H and O–H groups in total. The fraction of sp³-hybridized carbons (Fsp3) is 0.833. The summed E-state index contributed by atoms with van der Waals surface area (Å²) in [6, 6.07) is 0. The molecule has 1 aliphatic heterocycles. The first-order valence-corrected chi connectivity index (χ1v) is 9.25. The summed E-state index contributed by atoms with van der Waals surface area (Å²) in [7, 11) is 0. The minimum Gasteiger partial charge on any atom is -0.455 e. The summed E-state index contributed by atoms with van der Waals surface area (Å²) < 4.78 is 21.5. The number of carbonyl (C=O) groups is 3. The molecule has 0 saturated carbocycles. The predicted molar refractivity (Wildman–Crippen MR) is 90.9 cm³/mol. The maximum Gasteiger partial charge on any atom is 0.306 e. The average molecular weight is 374 g/mol. The lowest BCUT2D eigenvalue weighted by molar-refractivity contribution is -0.289. The summed E-state index contributed by atoms with van der Waals surface area (Å²) in [4.78, 5) is 35.8.